The largest absolute Gasteiger partial charge is 0.497 e. The van der Waals surface area contributed by atoms with E-state index in [0.29, 0.717) is 21.5 Å². The molecule has 5 rings (SSSR count). The second-order valence-electron chi connectivity index (χ2n) is 7.89. The van der Waals surface area contributed by atoms with Crippen molar-refractivity contribution in [2.24, 2.45) is 0 Å². The number of amides is 1. The Bertz CT molecular complexity index is 1430. The van der Waals surface area contributed by atoms with Gasteiger partial charge in [-0.1, -0.05) is 42.2 Å². The molecular formula is C28H23N3O3S2. The van der Waals surface area contributed by atoms with Gasteiger partial charge < -0.3 is 9.47 Å². The van der Waals surface area contributed by atoms with Crippen LogP contribution in [0.25, 0.3) is 23.0 Å². The summed E-state index contributed by atoms with van der Waals surface area (Å²) in [5, 5.41) is 4.85. The fraction of sp³-hybridized carbons (Fsp3) is 0.107. The summed E-state index contributed by atoms with van der Waals surface area (Å²) in [6.45, 7) is 2.51. The number of hydrogen-bond donors (Lipinski definition) is 0. The first-order chi connectivity index (χ1) is 17.6. The fourth-order valence-corrected chi connectivity index (χ4v) is 5.16. The van der Waals surface area contributed by atoms with Crippen molar-refractivity contribution < 1.29 is 14.3 Å². The van der Waals surface area contributed by atoms with E-state index in [1.807, 2.05) is 103 Å². The van der Waals surface area contributed by atoms with Crippen LogP contribution in [-0.4, -0.2) is 33.7 Å². The molecule has 36 heavy (non-hydrogen) atoms. The Morgan fingerprint density at radius 2 is 1.64 bits per heavy atom. The molecule has 8 heteroatoms. The number of ether oxygens (including phenoxy) is 2. The maximum absolute atomic E-state index is 13.4. The van der Waals surface area contributed by atoms with Gasteiger partial charge in [0.1, 0.15) is 11.5 Å². The highest BCUT2D eigenvalue weighted by Gasteiger charge is 2.33. The van der Waals surface area contributed by atoms with Crippen LogP contribution in [0, 0.1) is 0 Å². The SMILES string of the molecule is CCOc1ccc(N2C(=O)C(=Cc3cn(-c4ccccc4)nc3-c3ccc(OC)cc3)SC2=S)cc1. The Labute approximate surface area is 219 Å². The quantitative estimate of drug-likeness (QED) is 0.212. The summed E-state index contributed by atoms with van der Waals surface area (Å²) < 4.78 is 13.1. The summed E-state index contributed by atoms with van der Waals surface area (Å²) >= 11 is 6.86. The third-order valence-corrected chi connectivity index (χ3v) is 6.92. The van der Waals surface area contributed by atoms with Crippen molar-refractivity contribution in [2.75, 3.05) is 18.6 Å². The molecule has 1 aliphatic rings. The van der Waals surface area contributed by atoms with Crippen LogP contribution >= 0.6 is 24.0 Å². The monoisotopic (exact) mass is 513 g/mol. The summed E-state index contributed by atoms with van der Waals surface area (Å²) in [5.41, 5.74) is 4.12. The maximum Gasteiger partial charge on any atom is 0.270 e. The predicted octanol–water partition coefficient (Wildman–Crippen LogP) is 6.35. The van der Waals surface area contributed by atoms with Gasteiger partial charge in [0.15, 0.2) is 4.32 Å². The van der Waals surface area contributed by atoms with E-state index in [2.05, 4.69) is 0 Å². The minimum atomic E-state index is -0.165. The van der Waals surface area contributed by atoms with Crippen LogP contribution in [0.4, 0.5) is 5.69 Å². The van der Waals surface area contributed by atoms with Gasteiger partial charge in [-0.2, -0.15) is 5.10 Å². The number of aromatic nitrogens is 2. The first-order valence-corrected chi connectivity index (χ1v) is 12.6. The van der Waals surface area contributed by atoms with Crippen molar-refractivity contribution in [1.82, 2.24) is 9.78 Å². The molecule has 0 spiro atoms. The molecule has 1 saturated heterocycles. The Hall–Kier alpha value is -3.88. The summed E-state index contributed by atoms with van der Waals surface area (Å²) in [5.74, 6) is 1.35. The number of carbonyl (C=O) groups is 1. The summed E-state index contributed by atoms with van der Waals surface area (Å²) in [7, 11) is 1.64. The van der Waals surface area contributed by atoms with Gasteiger partial charge in [0, 0.05) is 17.3 Å². The zero-order valence-electron chi connectivity index (χ0n) is 19.8. The second kappa shape index (κ2) is 10.4. The van der Waals surface area contributed by atoms with E-state index in [0.717, 1.165) is 34.0 Å². The van der Waals surface area contributed by atoms with Gasteiger partial charge in [0.25, 0.3) is 5.91 Å². The molecule has 1 amide bonds. The number of carbonyl (C=O) groups excluding carboxylic acids is 1. The number of thioether (sulfide) groups is 1. The molecular weight excluding hydrogens is 490 g/mol. The van der Waals surface area contributed by atoms with Crippen LogP contribution in [-0.2, 0) is 4.79 Å². The molecule has 2 heterocycles. The van der Waals surface area contributed by atoms with Gasteiger partial charge in [0.2, 0.25) is 0 Å². The number of para-hydroxylation sites is 1. The number of benzene rings is 3. The van der Waals surface area contributed by atoms with Gasteiger partial charge in [-0.15, -0.1) is 0 Å². The average molecular weight is 514 g/mol. The van der Waals surface area contributed by atoms with E-state index in [-0.39, 0.29) is 5.91 Å². The van der Waals surface area contributed by atoms with Crippen LogP contribution < -0.4 is 14.4 Å². The summed E-state index contributed by atoms with van der Waals surface area (Å²) in [6, 6.07) is 24.9. The average Bonchev–Trinajstić information content (AvgIpc) is 3.45. The first kappa shape index (κ1) is 23.8. The van der Waals surface area contributed by atoms with E-state index < -0.39 is 0 Å². The van der Waals surface area contributed by atoms with Crippen LogP contribution in [0.3, 0.4) is 0 Å². The fourth-order valence-electron chi connectivity index (χ4n) is 3.87. The summed E-state index contributed by atoms with van der Waals surface area (Å²) in [6.07, 6.45) is 3.79. The molecule has 0 N–H and O–H groups in total. The number of anilines is 1. The first-order valence-electron chi connectivity index (χ1n) is 11.4. The molecule has 0 unspecified atom stereocenters. The number of rotatable bonds is 7. The predicted molar refractivity (Wildman–Crippen MR) is 149 cm³/mol. The third-order valence-electron chi connectivity index (χ3n) is 5.61. The van der Waals surface area contributed by atoms with E-state index >= 15 is 0 Å². The Kier molecular flexibility index (Phi) is 6.88. The van der Waals surface area contributed by atoms with E-state index in [4.69, 9.17) is 26.8 Å². The van der Waals surface area contributed by atoms with Crippen LogP contribution in [0.2, 0.25) is 0 Å². The number of methoxy groups -OCH3 is 1. The highest BCUT2D eigenvalue weighted by Crippen LogP contribution is 2.38. The van der Waals surface area contributed by atoms with Crippen molar-refractivity contribution >= 4 is 46.0 Å². The van der Waals surface area contributed by atoms with Crippen LogP contribution in [0.15, 0.2) is 90.0 Å². The third kappa shape index (κ3) is 4.78. The molecule has 180 valence electrons. The number of hydrogen-bond acceptors (Lipinski definition) is 6. The smallest absolute Gasteiger partial charge is 0.270 e. The summed E-state index contributed by atoms with van der Waals surface area (Å²) in [4.78, 5) is 15.5. The van der Waals surface area contributed by atoms with Crippen molar-refractivity contribution in [3.05, 3.63) is 95.5 Å². The highest BCUT2D eigenvalue weighted by atomic mass is 32.2. The van der Waals surface area contributed by atoms with Gasteiger partial charge in [-0.05, 0) is 73.7 Å². The molecule has 0 saturated carbocycles. The molecule has 0 atom stereocenters. The molecule has 0 aliphatic carbocycles. The van der Waals surface area contributed by atoms with Gasteiger partial charge in [0.05, 0.1) is 35.7 Å². The van der Waals surface area contributed by atoms with Gasteiger partial charge >= 0.3 is 0 Å². The molecule has 1 fully saturated rings. The molecule has 0 bridgehead atoms. The molecule has 4 aromatic rings. The normalized spacial score (nSPS) is 14.5. The number of nitrogens with zero attached hydrogens (tertiary/aromatic N) is 3. The van der Waals surface area contributed by atoms with Crippen molar-refractivity contribution in [3.8, 4) is 28.4 Å². The Balaban J connectivity index is 1.52. The molecule has 1 aromatic heterocycles. The molecule has 0 radical (unpaired) electrons. The van der Waals surface area contributed by atoms with Crippen molar-refractivity contribution in [3.63, 3.8) is 0 Å². The lowest BCUT2D eigenvalue weighted by molar-refractivity contribution is -0.113. The van der Waals surface area contributed by atoms with Crippen molar-refractivity contribution in [1.29, 1.82) is 0 Å². The minimum absolute atomic E-state index is 0.165. The van der Waals surface area contributed by atoms with Gasteiger partial charge in [-0.3, -0.25) is 9.69 Å². The van der Waals surface area contributed by atoms with Crippen LogP contribution in [0.1, 0.15) is 12.5 Å². The zero-order chi connectivity index (χ0) is 25.1. The van der Waals surface area contributed by atoms with Crippen LogP contribution in [0.5, 0.6) is 11.5 Å². The molecule has 6 nitrogen and oxygen atoms in total. The highest BCUT2D eigenvalue weighted by molar-refractivity contribution is 8.27. The van der Waals surface area contributed by atoms with Gasteiger partial charge in [-0.25, -0.2) is 4.68 Å². The van der Waals surface area contributed by atoms with E-state index in [1.54, 1.807) is 12.0 Å². The lowest BCUT2D eigenvalue weighted by Crippen LogP contribution is -2.27. The molecule has 3 aromatic carbocycles. The standard InChI is InChI=1S/C28H23N3O3S2/c1-3-34-24-15-11-22(12-16-24)31-27(32)25(36-28(31)35)17-20-18-30(21-7-5-4-6-8-21)29-26(20)19-9-13-23(33-2)14-10-19/h4-18H,3H2,1-2H3. The lowest BCUT2D eigenvalue weighted by Gasteiger charge is -2.15. The van der Waals surface area contributed by atoms with E-state index in [1.165, 1.54) is 11.8 Å². The topological polar surface area (TPSA) is 56.6 Å². The Morgan fingerprint density at radius 1 is 0.944 bits per heavy atom. The maximum atomic E-state index is 13.4. The minimum Gasteiger partial charge on any atom is -0.497 e. The zero-order valence-corrected chi connectivity index (χ0v) is 21.4. The molecule has 1 aliphatic heterocycles. The Morgan fingerprint density at radius 3 is 2.31 bits per heavy atom. The number of thiocarbonyl (C=S) groups is 1. The van der Waals surface area contributed by atoms with E-state index in [9.17, 15) is 4.79 Å². The van der Waals surface area contributed by atoms with Crippen molar-refractivity contribution in [2.45, 2.75) is 6.92 Å². The lowest BCUT2D eigenvalue weighted by atomic mass is 10.1. The second-order valence-corrected chi connectivity index (χ2v) is 9.56.